The normalized spacial score (nSPS) is 12.7. The van der Waals surface area contributed by atoms with Gasteiger partial charge in [-0.2, -0.15) is 0 Å². The van der Waals surface area contributed by atoms with E-state index in [0.717, 1.165) is 40.4 Å². The quantitative estimate of drug-likeness (QED) is 0.214. The average molecular weight is 591 g/mol. The number of nitrogens with one attached hydrogen (secondary N) is 1. The van der Waals surface area contributed by atoms with Gasteiger partial charge in [-0.3, -0.25) is 9.10 Å². The smallest absolute Gasteiger partial charge is 0.341 e. The summed E-state index contributed by atoms with van der Waals surface area (Å²) in [6, 6.07) is 23.7. The van der Waals surface area contributed by atoms with Gasteiger partial charge in [0.05, 0.1) is 22.8 Å². The minimum atomic E-state index is -4.11. The molecule has 0 saturated carbocycles. The molecular formula is C31H30N2O6S2. The molecule has 1 N–H and O–H groups in total. The van der Waals surface area contributed by atoms with Crippen LogP contribution in [0.1, 0.15) is 40.6 Å². The number of anilines is 2. The standard InChI is InChI=1S/C31H30N2O6S2/c1-2-38-31(35)29-26-15-9-10-16-27(26)40-30(29)32-28(34)21-33(41(36,37)25-13-7-4-8-14-25)22-17-19-24(20-18-22)39-23-11-5-3-6-12-23/h3-8,11-14,17-20H,2,9-10,15-16,21H2,1H3,(H,32,34). The van der Waals surface area contributed by atoms with Gasteiger partial charge in [-0.1, -0.05) is 36.4 Å². The van der Waals surface area contributed by atoms with Crippen molar-refractivity contribution < 1.29 is 27.5 Å². The zero-order valence-electron chi connectivity index (χ0n) is 22.5. The van der Waals surface area contributed by atoms with E-state index in [0.29, 0.717) is 27.8 Å². The number of hydrogen-bond donors (Lipinski definition) is 1. The van der Waals surface area contributed by atoms with E-state index in [1.165, 1.54) is 23.5 Å². The summed E-state index contributed by atoms with van der Waals surface area (Å²) in [6.45, 7) is 1.45. The van der Waals surface area contributed by atoms with Gasteiger partial charge in [0.25, 0.3) is 10.0 Å². The summed E-state index contributed by atoms with van der Waals surface area (Å²) in [4.78, 5) is 27.4. The highest BCUT2D eigenvalue weighted by molar-refractivity contribution is 7.92. The molecular weight excluding hydrogens is 560 g/mol. The van der Waals surface area contributed by atoms with Crippen molar-refractivity contribution in [2.75, 3.05) is 22.8 Å². The number of para-hydroxylation sites is 1. The fourth-order valence-corrected chi connectivity index (χ4v) is 7.45. The third kappa shape index (κ3) is 6.44. The van der Waals surface area contributed by atoms with Crippen molar-refractivity contribution in [3.05, 3.63) is 101 Å². The van der Waals surface area contributed by atoms with Crippen molar-refractivity contribution in [1.29, 1.82) is 0 Å². The van der Waals surface area contributed by atoms with Gasteiger partial charge in [-0.25, -0.2) is 13.2 Å². The van der Waals surface area contributed by atoms with Crippen LogP contribution in [-0.2, 0) is 32.4 Å². The van der Waals surface area contributed by atoms with Crippen molar-refractivity contribution in [3.8, 4) is 11.5 Å². The van der Waals surface area contributed by atoms with E-state index < -0.39 is 28.4 Å². The minimum absolute atomic E-state index is 0.0520. The molecule has 41 heavy (non-hydrogen) atoms. The number of amides is 1. The topological polar surface area (TPSA) is 102 Å². The number of sulfonamides is 1. The first-order valence-electron chi connectivity index (χ1n) is 13.4. The number of carbonyl (C=O) groups is 2. The number of fused-ring (bicyclic) bond motifs is 1. The van der Waals surface area contributed by atoms with E-state index in [9.17, 15) is 18.0 Å². The summed E-state index contributed by atoms with van der Waals surface area (Å²) in [7, 11) is -4.11. The van der Waals surface area contributed by atoms with Crippen LogP contribution in [0.5, 0.6) is 11.5 Å². The lowest BCUT2D eigenvalue weighted by Gasteiger charge is -2.24. The van der Waals surface area contributed by atoms with Crippen molar-refractivity contribution >= 4 is 43.9 Å². The monoisotopic (exact) mass is 590 g/mol. The van der Waals surface area contributed by atoms with Gasteiger partial charge < -0.3 is 14.8 Å². The second kappa shape index (κ2) is 12.6. The maximum atomic E-state index is 13.8. The van der Waals surface area contributed by atoms with Crippen molar-refractivity contribution in [2.45, 2.75) is 37.5 Å². The molecule has 1 aromatic heterocycles. The van der Waals surface area contributed by atoms with E-state index in [-0.39, 0.29) is 11.5 Å². The summed E-state index contributed by atoms with van der Waals surface area (Å²) < 4.78 is 39.7. The molecule has 0 atom stereocenters. The Kier molecular flexibility index (Phi) is 8.70. The molecule has 4 aromatic rings. The molecule has 1 aliphatic carbocycles. The van der Waals surface area contributed by atoms with Crippen LogP contribution in [-0.4, -0.2) is 33.4 Å². The van der Waals surface area contributed by atoms with Gasteiger partial charge in [0.2, 0.25) is 5.91 Å². The SMILES string of the molecule is CCOC(=O)c1c(NC(=O)CN(c2ccc(Oc3ccccc3)cc2)S(=O)(=O)c2ccccc2)sc2c1CCCC2. The van der Waals surface area contributed by atoms with Gasteiger partial charge in [-0.05, 0) is 86.7 Å². The van der Waals surface area contributed by atoms with Gasteiger partial charge in [0, 0.05) is 4.88 Å². The molecule has 10 heteroatoms. The van der Waals surface area contributed by atoms with Crippen molar-refractivity contribution in [3.63, 3.8) is 0 Å². The zero-order valence-corrected chi connectivity index (χ0v) is 24.2. The summed E-state index contributed by atoms with van der Waals surface area (Å²) >= 11 is 1.36. The number of rotatable bonds is 10. The number of hydrogen-bond acceptors (Lipinski definition) is 7. The Hall–Kier alpha value is -4.15. The maximum Gasteiger partial charge on any atom is 0.341 e. The molecule has 0 unspecified atom stereocenters. The molecule has 0 fully saturated rings. The molecule has 0 spiro atoms. The van der Waals surface area contributed by atoms with Crippen LogP contribution >= 0.6 is 11.3 Å². The Balaban J connectivity index is 1.44. The summed E-state index contributed by atoms with van der Waals surface area (Å²) in [5.41, 5.74) is 1.58. The first kappa shape index (κ1) is 28.4. The maximum absolute atomic E-state index is 13.8. The molecule has 1 heterocycles. The lowest BCUT2D eigenvalue weighted by Crippen LogP contribution is -2.38. The van der Waals surface area contributed by atoms with E-state index in [4.69, 9.17) is 9.47 Å². The molecule has 212 valence electrons. The van der Waals surface area contributed by atoms with Gasteiger partial charge in [0.1, 0.15) is 23.0 Å². The number of aryl methyl sites for hydroxylation is 1. The Morgan fingerprint density at radius 3 is 2.20 bits per heavy atom. The molecule has 1 aliphatic rings. The summed E-state index contributed by atoms with van der Waals surface area (Å²) in [5.74, 6) is 0.109. The lowest BCUT2D eigenvalue weighted by molar-refractivity contribution is -0.114. The molecule has 0 bridgehead atoms. The Bertz CT molecular complexity index is 1620. The lowest BCUT2D eigenvalue weighted by atomic mass is 9.95. The van der Waals surface area contributed by atoms with Crippen LogP contribution in [0.25, 0.3) is 0 Å². The molecule has 0 radical (unpaired) electrons. The second-order valence-electron chi connectivity index (χ2n) is 9.42. The Morgan fingerprint density at radius 2 is 1.51 bits per heavy atom. The van der Waals surface area contributed by atoms with Crippen LogP contribution in [0.3, 0.4) is 0 Å². The fraction of sp³-hybridized carbons (Fsp3) is 0.226. The predicted octanol–water partition coefficient (Wildman–Crippen LogP) is 6.43. The van der Waals surface area contributed by atoms with Crippen LogP contribution in [0.4, 0.5) is 10.7 Å². The number of nitrogens with zero attached hydrogens (tertiary/aromatic N) is 1. The van der Waals surface area contributed by atoms with Crippen LogP contribution in [0.15, 0.2) is 89.8 Å². The molecule has 8 nitrogen and oxygen atoms in total. The molecule has 0 aliphatic heterocycles. The van der Waals surface area contributed by atoms with Gasteiger partial charge in [0.15, 0.2) is 0 Å². The number of benzene rings is 3. The number of thiophene rings is 1. The zero-order chi connectivity index (χ0) is 28.8. The first-order chi connectivity index (χ1) is 19.9. The Morgan fingerprint density at radius 1 is 0.878 bits per heavy atom. The number of esters is 1. The third-order valence-corrected chi connectivity index (χ3v) is 9.62. The second-order valence-corrected chi connectivity index (χ2v) is 12.4. The van der Waals surface area contributed by atoms with Crippen molar-refractivity contribution in [1.82, 2.24) is 0 Å². The minimum Gasteiger partial charge on any atom is -0.462 e. The number of ether oxygens (including phenoxy) is 2. The van der Waals surface area contributed by atoms with Crippen LogP contribution in [0.2, 0.25) is 0 Å². The van der Waals surface area contributed by atoms with Gasteiger partial charge >= 0.3 is 5.97 Å². The van der Waals surface area contributed by atoms with E-state index >= 15 is 0 Å². The molecule has 1 amide bonds. The highest BCUT2D eigenvalue weighted by Gasteiger charge is 2.30. The Labute approximate surface area is 243 Å². The van der Waals surface area contributed by atoms with Crippen molar-refractivity contribution in [2.24, 2.45) is 0 Å². The van der Waals surface area contributed by atoms with E-state index in [2.05, 4.69) is 5.32 Å². The first-order valence-corrected chi connectivity index (χ1v) is 15.6. The van der Waals surface area contributed by atoms with E-state index in [1.807, 2.05) is 30.3 Å². The largest absolute Gasteiger partial charge is 0.462 e. The fourth-order valence-electron chi connectivity index (χ4n) is 4.71. The van der Waals surface area contributed by atoms with Gasteiger partial charge in [-0.15, -0.1) is 11.3 Å². The highest BCUT2D eigenvalue weighted by Crippen LogP contribution is 2.39. The van der Waals surface area contributed by atoms with Crippen LogP contribution < -0.4 is 14.4 Å². The highest BCUT2D eigenvalue weighted by atomic mass is 32.2. The summed E-state index contributed by atoms with van der Waals surface area (Å²) in [6.07, 6.45) is 3.53. The predicted molar refractivity (Wildman–Crippen MR) is 159 cm³/mol. The summed E-state index contributed by atoms with van der Waals surface area (Å²) in [5, 5.41) is 3.22. The van der Waals surface area contributed by atoms with Crippen LogP contribution in [0, 0.1) is 0 Å². The number of carbonyl (C=O) groups excluding carboxylic acids is 2. The van der Waals surface area contributed by atoms with E-state index in [1.54, 1.807) is 49.4 Å². The molecule has 3 aromatic carbocycles. The average Bonchev–Trinajstić information content (AvgIpc) is 3.35. The molecule has 5 rings (SSSR count). The molecule has 0 saturated heterocycles. The third-order valence-electron chi connectivity index (χ3n) is 6.63.